The molecule has 4 nitrogen and oxygen atoms in total. The molecule has 2 aromatic rings. The van der Waals surface area contributed by atoms with E-state index in [1.807, 2.05) is 0 Å². The van der Waals surface area contributed by atoms with Crippen molar-refractivity contribution in [3.8, 4) is 0 Å². The minimum Gasteiger partial charge on any atom is -0.461 e. The van der Waals surface area contributed by atoms with Crippen LogP contribution < -0.4 is 0 Å². The molecule has 0 aromatic carbocycles. The third kappa shape index (κ3) is 1.73. The minimum atomic E-state index is -0.824. The highest BCUT2D eigenvalue weighted by Gasteiger charge is 2.14. The van der Waals surface area contributed by atoms with Crippen LogP contribution in [0, 0.1) is 11.6 Å². The zero-order chi connectivity index (χ0) is 11.7. The Morgan fingerprint density at radius 2 is 2.25 bits per heavy atom. The number of carbonyl (C=O) groups is 1. The zero-order valence-electron chi connectivity index (χ0n) is 8.41. The first-order valence-corrected chi connectivity index (χ1v) is 4.62. The first-order valence-electron chi connectivity index (χ1n) is 4.62. The topological polar surface area (TPSA) is 43.6 Å². The van der Waals surface area contributed by atoms with E-state index in [1.165, 1.54) is 6.20 Å². The summed E-state index contributed by atoms with van der Waals surface area (Å²) in [6.45, 7) is 1.84. The molecule has 0 aliphatic rings. The highest BCUT2D eigenvalue weighted by atomic mass is 19.1. The van der Waals surface area contributed by atoms with Crippen molar-refractivity contribution in [1.82, 2.24) is 9.38 Å². The summed E-state index contributed by atoms with van der Waals surface area (Å²) in [6.07, 6.45) is 2.26. The van der Waals surface area contributed by atoms with Gasteiger partial charge in [-0.25, -0.2) is 18.6 Å². The van der Waals surface area contributed by atoms with Crippen LogP contribution in [0.3, 0.4) is 0 Å². The minimum absolute atomic E-state index is 0.0497. The van der Waals surface area contributed by atoms with Crippen molar-refractivity contribution in [3.05, 3.63) is 35.8 Å². The van der Waals surface area contributed by atoms with Gasteiger partial charge in [-0.1, -0.05) is 0 Å². The molecular formula is C10H8F2N2O2. The van der Waals surface area contributed by atoms with Crippen molar-refractivity contribution in [2.45, 2.75) is 6.92 Å². The molecular weight excluding hydrogens is 218 g/mol. The smallest absolute Gasteiger partial charge is 0.358 e. The van der Waals surface area contributed by atoms with Gasteiger partial charge in [0.15, 0.2) is 17.2 Å². The van der Waals surface area contributed by atoms with E-state index in [-0.39, 0.29) is 17.9 Å². The van der Waals surface area contributed by atoms with Crippen LogP contribution in [0.5, 0.6) is 0 Å². The van der Waals surface area contributed by atoms with Gasteiger partial charge >= 0.3 is 5.97 Å². The molecule has 84 valence electrons. The van der Waals surface area contributed by atoms with E-state index in [2.05, 4.69) is 4.98 Å². The molecule has 16 heavy (non-hydrogen) atoms. The lowest BCUT2D eigenvalue weighted by atomic mass is 10.4. The van der Waals surface area contributed by atoms with Gasteiger partial charge in [-0.15, -0.1) is 0 Å². The Morgan fingerprint density at radius 1 is 1.50 bits per heavy atom. The zero-order valence-corrected chi connectivity index (χ0v) is 8.41. The Hall–Kier alpha value is -1.98. The van der Waals surface area contributed by atoms with E-state index in [0.29, 0.717) is 6.07 Å². The molecule has 0 fully saturated rings. The molecule has 0 radical (unpaired) electrons. The molecule has 2 heterocycles. The van der Waals surface area contributed by atoms with E-state index in [0.717, 1.165) is 10.6 Å². The van der Waals surface area contributed by atoms with Crippen LogP contribution in [0.15, 0.2) is 18.5 Å². The largest absolute Gasteiger partial charge is 0.461 e. The Kier molecular flexibility index (Phi) is 2.55. The second-order valence-corrected chi connectivity index (χ2v) is 3.08. The van der Waals surface area contributed by atoms with Crippen molar-refractivity contribution >= 4 is 11.6 Å². The fraction of sp³-hybridized carbons (Fsp3) is 0.200. The molecule has 0 N–H and O–H groups in total. The van der Waals surface area contributed by atoms with Crippen LogP contribution in [0.2, 0.25) is 0 Å². The molecule has 0 spiro atoms. The van der Waals surface area contributed by atoms with Crippen molar-refractivity contribution in [2.24, 2.45) is 0 Å². The molecule has 2 rings (SSSR count). The van der Waals surface area contributed by atoms with Gasteiger partial charge in [0.2, 0.25) is 0 Å². The maximum Gasteiger partial charge on any atom is 0.358 e. The average Bonchev–Trinajstić information content (AvgIpc) is 2.62. The number of halogens is 2. The number of rotatable bonds is 2. The van der Waals surface area contributed by atoms with E-state index >= 15 is 0 Å². The number of aromatic nitrogens is 2. The number of hydrogen-bond acceptors (Lipinski definition) is 3. The summed E-state index contributed by atoms with van der Waals surface area (Å²) in [6, 6.07) is 0.706. The predicted molar refractivity (Wildman–Crippen MR) is 51.1 cm³/mol. The molecule has 0 amide bonds. The number of nitrogens with zero attached hydrogens (tertiary/aromatic N) is 2. The van der Waals surface area contributed by atoms with Crippen LogP contribution in [0.25, 0.3) is 5.65 Å². The van der Waals surface area contributed by atoms with Gasteiger partial charge in [-0.05, 0) is 6.92 Å². The fourth-order valence-electron chi connectivity index (χ4n) is 1.33. The summed E-state index contributed by atoms with van der Waals surface area (Å²) in [5.41, 5.74) is -0.157. The van der Waals surface area contributed by atoms with Gasteiger partial charge in [0, 0.05) is 18.5 Å². The first-order chi connectivity index (χ1) is 7.61. The second-order valence-electron chi connectivity index (χ2n) is 3.08. The lowest BCUT2D eigenvalue weighted by Gasteiger charge is -1.95. The Balaban J connectivity index is 2.51. The second kappa shape index (κ2) is 3.88. The van der Waals surface area contributed by atoms with E-state index < -0.39 is 17.6 Å². The van der Waals surface area contributed by atoms with E-state index in [9.17, 15) is 13.6 Å². The predicted octanol–water partition coefficient (Wildman–Crippen LogP) is 1.79. The van der Waals surface area contributed by atoms with Crippen LogP contribution in [-0.4, -0.2) is 22.0 Å². The molecule has 0 unspecified atom stereocenters. The van der Waals surface area contributed by atoms with Gasteiger partial charge in [-0.3, -0.25) is 0 Å². The molecule has 0 atom stereocenters. The normalized spacial score (nSPS) is 10.7. The molecule has 0 saturated carbocycles. The number of hydrogen-bond donors (Lipinski definition) is 0. The lowest BCUT2D eigenvalue weighted by Crippen LogP contribution is -2.04. The van der Waals surface area contributed by atoms with E-state index in [1.54, 1.807) is 6.92 Å². The molecule has 2 aromatic heterocycles. The Bertz CT molecular complexity index is 551. The summed E-state index contributed by atoms with van der Waals surface area (Å²) < 4.78 is 31.9. The van der Waals surface area contributed by atoms with Gasteiger partial charge in [0.1, 0.15) is 5.82 Å². The highest BCUT2D eigenvalue weighted by Crippen LogP contribution is 2.12. The molecule has 6 heteroatoms. The van der Waals surface area contributed by atoms with Gasteiger partial charge in [-0.2, -0.15) is 0 Å². The number of carbonyl (C=O) groups excluding carboxylic acids is 1. The Labute approximate surface area is 89.5 Å². The lowest BCUT2D eigenvalue weighted by molar-refractivity contribution is 0.0520. The molecule has 0 aliphatic carbocycles. The van der Waals surface area contributed by atoms with E-state index in [4.69, 9.17) is 4.74 Å². The Morgan fingerprint density at radius 3 is 2.94 bits per heavy atom. The van der Waals surface area contributed by atoms with Crippen molar-refractivity contribution in [2.75, 3.05) is 6.61 Å². The van der Waals surface area contributed by atoms with Crippen LogP contribution in [-0.2, 0) is 4.74 Å². The molecule has 0 bridgehead atoms. The fourth-order valence-corrected chi connectivity index (χ4v) is 1.33. The number of fused-ring (bicyclic) bond motifs is 1. The number of pyridine rings is 1. The summed E-state index contributed by atoms with van der Waals surface area (Å²) >= 11 is 0. The van der Waals surface area contributed by atoms with Gasteiger partial charge in [0.05, 0.1) is 6.61 Å². The monoisotopic (exact) mass is 226 g/mol. The van der Waals surface area contributed by atoms with Crippen LogP contribution >= 0.6 is 0 Å². The standard InChI is InChI=1S/C10H8F2N2O2/c1-2-16-10(15)8-5-14-4-6(11)3-7(12)9(14)13-8/h3-5H,2H2,1H3. The highest BCUT2D eigenvalue weighted by molar-refractivity contribution is 5.87. The molecule has 0 saturated heterocycles. The van der Waals surface area contributed by atoms with Crippen molar-refractivity contribution in [1.29, 1.82) is 0 Å². The number of imidazole rings is 1. The third-order valence-corrected chi connectivity index (χ3v) is 1.96. The average molecular weight is 226 g/mol. The summed E-state index contributed by atoms with van der Waals surface area (Å²) in [5, 5.41) is 0. The van der Waals surface area contributed by atoms with Crippen molar-refractivity contribution < 1.29 is 18.3 Å². The molecule has 0 aliphatic heterocycles. The number of esters is 1. The summed E-state index contributed by atoms with van der Waals surface area (Å²) in [4.78, 5) is 15.0. The summed E-state index contributed by atoms with van der Waals surface area (Å²) in [5.74, 6) is -2.22. The quantitative estimate of drug-likeness (QED) is 0.733. The van der Waals surface area contributed by atoms with Crippen LogP contribution in [0.4, 0.5) is 8.78 Å². The SMILES string of the molecule is CCOC(=O)c1cn2cc(F)cc(F)c2n1. The van der Waals surface area contributed by atoms with Crippen LogP contribution in [0.1, 0.15) is 17.4 Å². The maximum absolute atomic E-state index is 13.2. The summed E-state index contributed by atoms with van der Waals surface area (Å²) in [7, 11) is 0. The maximum atomic E-state index is 13.2. The van der Waals surface area contributed by atoms with Gasteiger partial charge in [0.25, 0.3) is 0 Å². The third-order valence-electron chi connectivity index (χ3n) is 1.96. The number of ether oxygens (including phenoxy) is 1. The van der Waals surface area contributed by atoms with Crippen molar-refractivity contribution in [3.63, 3.8) is 0 Å². The first kappa shape index (κ1) is 10.5. The van der Waals surface area contributed by atoms with Gasteiger partial charge < -0.3 is 9.14 Å².